The molecular weight excluding hydrogens is 244 g/mol. The van der Waals surface area contributed by atoms with E-state index in [1.807, 2.05) is 24.3 Å². The fraction of sp³-hybridized carbons (Fsp3) is 0.357. The van der Waals surface area contributed by atoms with E-state index in [0.29, 0.717) is 6.42 Å². The number of piperidine rings is 1. The predicted molar refractivity (Wildman–Crippen MR) is 67.8 cm³/mol. The summed E-state index contributed by atoms with van der Waals surface area (Å²) in [6.45, 7) is 2.05. The molecule has 1 aliphatic heterocycles. The van der Waals surface area contributed by atoms with E-state index >= 15 is 0 Å². The molecule has 3 heterocycles. The topological polar surface area (TPSA) is 75.5 Å². The predicted octanol–water partition coefficient (Wildman–Crippen LogP) is 2.09. The maximum Gasteiger partial charge on any atom is 0.161 e. The molecule has 0 amide bonds. The maximum atomic E-state index is 9.20. The number of quaternary nitrogens is 1. The average molecular weight is 261 g/mol. The van der Waals surface area contributed by atoms with Gasteiger partial charge >= 0.3 is 0 Å². The molecule has 3 rings (SSSR count). The Morgan fingerprint density at radius 1 is 1.21 bits per heavy atom. The van der Waals surface area contributed by atoms with Crippen molar-refractivity contribution in [2.24, 2.45) is 11.1 Å². The molecule has 0 aliphatic carbocycles. The summed E-state index contributed by atoms with van der Waals surface area (Å²) in [6.07, 6.45) is 4.02. The van der Waals surface area contributed by atoms with Crippen molar-refractivity contribution < 1.29 is 19.4 Å². The van der Waals surface area contributed by atoms with Gasteiger partial charge in [-0.05, 0) is 24.3 Å². The smallest absolute Gasteiger partial charge is 0.161 e. The molecule has 0 saturated carbocycles. The molecule has 5 nitrogen and oxygen atoms in total. The zero-order chi connectivity index (χ0) is 13.2. The maximum absolute atomic E-state index is 9.20. The van der Waals surface area contributed by atoms with Crippen LogP contribution in [0.25, 0.3) is 0 Å². The minimum atomic E-state index is 0.102. The van der Waals surface area contributed by atoms with Gasteiger partial charge in [-0.2, -0.15) is 0 Å². The highest BCUT2D eigenvalue weighted by atomic mass is 16.4. The van der Waals surface area contributed by atoms with Crippen LogP contribution in [-0.4, -0.2) is 10.9 Å². The first-order valence-corrected chi connectivity index (χ1v) is 6.42. The molecule has 19 heavy (non-hydrogen) atoms. The molecule has 2 aromatic heterocycles. The molecule has 0 spiro atoms. The van der Waals surface area contributed by atoms with E-state index in [9.17, 15) is 5.21 Å². The summed E-state index contributed by atoms with van der Waals surface area (Å²) in [4.78, 5) is 0. The Morgan fingerprint density at radius 2 is 1.89 bits per heavy atom. The Morgan fingerprint density at radius 3 is 2.47 bits per heavy atom. The summed E-state index contributed by atoms with van der Waals surface area (Å²) < 4.78 is 11.0. The second-order valence-corrected chi connectivity index (χ2v) is 4.94. The highest BCUT2D eigenvalue weighted by molar-refractivity contribution is 5.87. The Hall–Kier alpha value is -2.01. The highest BCUT2D eigenvalue weighted by Gasteiger charge is 2.40. The number of furan rings is 2. The minimum absolute atomic E-state index is 0.102. The monoisotopic (exact) mass is 261 g/mol. The fourth-order valence-electron chi connectivity index (χ4n) is 2.76. The van der Waals surface area contributed by atoms with E-state index in [0.717, 1.165) is 17.2 Å². The van der Waals surface area contributed by atoms with Gasteiger partial charge in [0.2, 0.25) is 0 Å². The molecule has 3 atom stereocenters. The first kappa shape index (κ1) is 12.0. The van der Waals surface area contributed by atoms with E-state index in [-0.39, 0.29) is 18.0 Å². The number of hydrogen-bond donors (Lipinski definition) is 2. The molecule has 5 heteroatoms. The van der Waals surface area contributed by atoms with E-state index in [2.05, 4.69) is 17.4 Å². The molecular formula is C14H17N2O3+. The van der Waals surface area contributed by atoms with Crippen LogP contribution in [-0.2, 0) is 0 Å². The van der Waals surface area contributed by atoms with E-state index < -0.39 is 0 Å². The van der Waals surface area contributed by atoms with Gasteiger partial charge in [0.1, 0.15) is 0 Å². The van der Waals surface area contributed by atoms with Crippen LogP contribution in [0, 0.1) is 5.92 Å². The summed E-state index contributed by atoms with van der Waals surface area (Å²) in [5.74, 6) is 1.91. The van der Waals surface area contributed by atoms with Crippen molar-refractivity contribution in [1.29, 1.82) is 0 Å². The van der Waals surface area contributed by atoms with E-state index in [4.69, 9.17) is 8.83 Å². The van der Waals surface area contributed by atoms with Gasteiger partial charge in [-0.1, -0.05) is 12.1 Å². The number of nitrogens with two attached hydrogens (primary N) is 1. The Labute approximate surface area is 110 Å². The molecule has 0 aromatic carbocycles. The largest absolute Gasteiger partial charge is 0.463 e. The molecule has 100 valence electrons. The normalized spacial score (nSPS) is 29.7. The summed E-state index contributed by atoms with van der Waals surface area (Å²) in [7, 11) is 0. The molecule has 3 N–H and O–H groups in total. The van der Waals surface area contributed by atoms with Gasteiger partial charge in [-0.3, -0.25) is 0 Å². The van der Waals surface area contributed by atoms with Crippen LogP contribution >= 0.6 is 0 Å². The van der Waals surface area contributed by atoms with Crippen molar-refractivity contribution in [3.63, 3.8) is 0 Å². The van der Waals surface area contributed by atoms with Crippen LogP contribution < -0.4 is 5.32 Å². The van der Waals surface area contributed by atoms with Crippen molar-refractivity contribution in [2.75, 3.05) is 0 Å². The molecule has 0 radical (unpaired) electrons. The van der Waals surface area contributed by atoms with Gasteiger partial charge in [-0.25, -0.2) is 0 Å². The summed E-state index contributed by atoms with van der Waals surface area (Å²) in [6, 6.07) is 7.88. The lowest BCUT2D eigenvalue weighted by Crippen LogP contribution is -2.89. The second-order valence-electron chi connectivity index (χ2n) is 4.94. The van der Waals surface area contributed by atoms with E-state index in [1.165, 1.54) is 0 Å². The zero-order valence-corrected chi connectivity index (χ0v) is 10.7. The lowest BCUT2D eigenvalue weighted by molar-refractivity contribution is -0.745. The van der Waals surface area contributed by atoms with Gasteiger partial charge < -0.3 is 19.4 Å². The van der Waals surface area contributed by atoms with Crippen molar-refractivity contribution >= 4 is 5.71 Å². The quantitative estimate of drug-likeness (QED) is 0.642. The van der Waals surface area contributed by atoms with Crippen molar-refractivity contribution in [2.45, 2.75) is 25.4 Å². The van der Waals surface area contributed by atoms with E-state index in [1.54, 1.807) is 12.5 Å². The fourth-order valence-corrected chi connectivity index (χ4v) is 2.76. The molecule has 2 aromatic rings. The Bertz CT molecular complexity index is 545. The molecule has 1 fully saturated rings. The first-order chi connectivity index (χ1) is 9.29. The zero-order valence-electron chi connectivity index (χ0n) is 10.7. The standard InChI is InChI=1S/C14H16N2O3/c1-9-10(16-17)8-11(12-4-2-6-18-12)15-14(9)13-5-3-7-19-13/h2-7,9,11,14-15,17H,8H2,1H3/p+1/b16-10+/t9-,11+,14-/m1/s1. The molecule has 0 bridgehead atoms. The Kier molecular flexibility index (Phi) is 3.13. The SMILES string of the molecule is C[C@@H]1/C(=N/O)C[C@@H](c2ccco2)[NH2+][C@H]1c1ccco1. The Balaban J connectivity index is 1.91. The number of nitrogens with zero attached hydrogens (tertiary/aromatic N) is 1. The van der Waals surface area contributed by atoms with Crippen LogP contribution in [0.5, 0.6) is 0 Å². The summed E-state index contributed by atoms with van der Waals surface area (Å²) in [5, 5.41) is 14.9. The van der Waals surface area contributed by atoms with Crippen molar-refractivity contribution in [1.82, 2.24) is 0 Å². The van der Waals surface area contributed by atoms with Gasteiger partial charge in [0.15, 0.2) is 23.6 Å². The summed E-state index contributed by atoms with van der Waals surface area (Å²) >= 11 is 0. The highest BCUT2D eigenvalue weighted by Crippen LogP contribution is 2.29. The van der Waals surface area contributed by atoms with Crippen LogP contribution in [0.4, 0.5) is 0 Å². The van der Waals surface area contributed by atoms with Gasteiger partial charge in [0.25, 0.3) is 0 Å². The van der Waals surface area contributed by atoms with Crippen LogP contribution in [0.2, 0.25) is 0 Å². The average Bonchev–Trinajstić information content (AvgIpc) is 3.12. The van der Waals surface area contributed by atoms with Crippen molar-refractivity contribution in [3.8, 4) is 0 Å². The third-order valence-electron chi connectivity index (χ3n) is 3.84. The third kappa shape index (κ3) is 2.17. The molecule has 1 saturated heterocycles. The molecule has 0 unspecified atom stereocenters. The third-order valence-corrected chi connectivity index (χ3v) is 3.84. The van der Waals surface area contributed by atoms with Crippen LogP contribution in [0.1, 0.15) is 36.9 Å². The second kappa shape index (κ2) is 4.93. The lowest BCUT2D eigenvalue weighted by Gasteiger charge is -2.30. The van der Waals surface area contributed by atoms with Crippen LogP contribution in [0.3, 0.4) is 0 Å². The number of rotatable bonds is 2. The number of oxime groups is 1. The minimum Gasteiger partial charge on any atom is -0.463 e. The van der Waals surface area contributed by atoms with Gasteiger partial charge in [0, 0.05) is 6.42 Å². The molecule has 1 aliphatic rings. The summed E-state index contributed by atoms with van der Waals surface area (Å²) in [5.41, 5.74) is 0.783. The number of hydrogen-bond acceptors (Lipinski definition) is 4. The van der Waals surface area contributed by atoms with Gasteiger partial charge in [-0.15, -0.1) is 0 Å². The van der Waals surface area contributed by atoms with Gasteiger partial charge in [0.05, 0.1) is 24.2 Å². The lowest BCUT2D eigenvalue weighted by atomic mass is 9.85. The first-order valence-electron chi connectivity index (χ1n) is 6.42. The van der Waals surface area contributed by atoms with Crippen molar-refractivity contribution in [3.05, 3.63) is 48.3 Å². The van der Waals surface area contributed by atoms with Crippen LogP contribution in [0.15, 0.2) is 50.8 Å².